The van der Waals surface area contributed by atoms with Crippen molar-refractivity contribution < 1.29 is 8.98 Å². The van der Waals surface area contributed by atoms with Gasteiger partial charge in [-0.05, 0) is 48.6 Å². The summed E-state index contributed by atoms with van der Waals surface area (Å²) in [6, 6.07) is 16.8. The van der Waals surface area contributed by atoms with Crippen molar-refractivity contribution in [3.8, 4) is 17.3 Å². The van der Waals surface area contributed by atoms with Gasteiger partial charge >= 0.3 is 0 Å². The minimum atomic E-state index is 0.530. The number of nitriles is 1. The molecular weight excluding hydrogens is 332 g/mol. The molecule has 3 heteroatoms. The number of furan rings is 1. The zero-order valence-corrected chi connectivity index (χ0v) is 16.2. The monoisotopic (exact) mass is 355 g/mol. The van der Waals surface area contributed by atoms with E-state index in [4.69, 9.17) is 4.42 Å². The van der Waals surface area contributed by atoms with Crippen LogP contribution in [0.3, 0.4) is 0 Å². The molecule has 134 valence electrons. The van der Waals surface area contributed by atoms with Crippen LogP contribution in [0.2, 0.25) is 0 Å². The van der Waals surface area contributed by atoms with Gasteiger partial charge in [-0.15, -0.1) is 0 Å². The summed E-state index contributed by atoms with van der Waals surface area (Å²) in [5.74, 6) is 0.530. The molecule has 27 heavy (non-hydrogen) atoms. The van der Waals surface area contributed by atoms with E-state index < -0.39 is 0 Å². The smallest absolute Gasteiger partial charge is 0.213 e. The highest BCUT2D eigenvalue weighted by molar-refractivity contribution is 6.11. The van der Waals surface area contributed by atoms with Gasteiger partial charge in [-0.1, -0.05) is 26.0 Å². The van der Waals surface area contributed by atoms with Crippen LogP contribution in [0.1, 0.15) is 30.5 Å². The lowest BCUT2D eigenvalue weighted by atomic mass is 9.91. The van der Waals surface area contributed by atoms with Gasteiger partial charge in [0.15, 0.2) is 6.20 Å². The predicted octanol–water partition coefficient (Wildman–Crippen LogP) is 5.46. The predicted molar refractivity (Wildman–Crippen MR) is 108 cm³/mol. The van der Waals surface area contributed by atoms with Crippen LogP contribution in [0.5, 0.6) is 0 Å². The van der Waals surface area contributed by atoms with Gasteiger partial charge in [0, 0.05) is 22.9 Å². The number of pyridine rings is 1. The van der Waals surface area contributed by atoms with E-state index in [2.05, 4.69) is 42.7 Å². The Hall–Kier alpha value is -3.12. The van der Waals surface area contributed by atoms with Crippen LogP contribution in [0.25, 0.3) is 33.2 Å². The van der Waals surface area contributed by atoms with E-state index in [-0.39, 0.29) is 0 Å². The van der Waals surface area contributed by atoms with Gasteiger partial charge < -0.3 is 4.42 Å². The molecule has 0 aliphatic rings. The molecule has 3 nitrogen and oxygen atoms in total. The molecule has 0 aliphatic carbocycles. The van der Waals surface area contributed by atoms with E-state index >= 15 is 0 Å². The third kappa shape index (κ3) is 2.78. The third-order valence-corrected chi connectivity index (χ3v) is 5.12. The number of fused-ring (bicyclic) bond motifs is 3. The highest BCUT2D eigenvalue weighted by Gasteiger charge is 2.23. The molecule has 0 unspecified atom stereocenters. The average Bonchev–Trinajstić information content (AvgIpc) is 2.99. The van der Waals surface area contributed by atoms with Crippen LogP contribution in [0.15, 0.2) is 53.1 Å². The SMILES string of the molecule is Cc1cc2oc3cccc(CC(C)C)c3c2c(C#N)c1-c1cccc[n+]1C. The lowest BCUT2D eigenvalue weighted by molar-refractivity contribution is -0.660. The number of hydrogen-bond donors (Lipinski definition) is 0. The molecule has 0 radical (unpaired) electrons. The minimum absolute atomic E-state index is 0.530. The Labute approximate surface area is 159 Å². The summed E-state index contributed by atoms with van der Waals surface area (Å²) in [6.45, 7) is 6.47. The van der Waals surface area contributed by atoms with E-state index in [1.807, 2.05) is 44.4 Å². The van der Waals surface area contributed by atoms with Gasteiger partial charge in [0.2, 0.25) is 5.69 Å². The van der Waals surface area contributed by atoms with E-state index in [0.717, 1.165) is 45.2 Å². The third-order valence-electron chi connectivity index (χ3n) is 5.12. The van der Waals surface area contributed by atoms with Crippen LogP contribution in [-0.4, -0.2) is 0 Å². The molecule has 0 amide bonds. The van der Waals surface area contributed by atoms with Crippen molar-refractivity contribution in [3.05, 3.63) is 65.4 Å². The lowest BCUT2D eigenvalue weighted by Gasteiger charge is -2.09. The molecule has 2 aromatic heterocycles. The zero-order valence-electron chi connectivity index (χ0n) is 16.2. The summed E-state index contributed by atoms with van der Waals surface area (Å²) in [5, 5.41) is 12.2. The Morgan fingerprint density at radius 2 is 1.89 bits per heavy atom. The molecular formula is C24H23N2O+. The van der Waals surface area contributed by atoms with Gasteiger partial charge in [-0.25, -0.2) is 4.57 Å². The van der Waals surface area contributed by atoms with Crippen molar-refractivity contribution >= 4 is 21.9 Å². The van der Waals surface area contributed by atoms with Crippen molar-refractivity contribution in [2.45, 2.75) is 27.2 Å². The van der Waals surface area contributed by atoms with Gasteiger partial charge in [-0.2, -0.15) is 5.26 Å². The number of rotatable bonds is 3. The van der Waals surface area contributed by atoms with E-state index in [1.54, 1.807) is 0 Å². The van der Waals surface area contributed by atoms with Crippen molar-refractivity contribution in [2.75, 3.05) is 0 Å². The maximum atomic E-state index is 10.1. The molecule has 0 fully saturated rings. The fourth-order valence-corrected chi connectivity index (χ4v) is 4.01. The Morgan fingerprint density at radius 1 is 1.07 bits per heavy atom. The number of benzene rings is 2. The second-order valence-electron chi connectivity index (χ2n) is 7.62. The second kappa shape index (κ2) is 6.55. The molecule has 4 rings (SSSR count). The molecule has 0 aliphatic heterocycles. The molecule has 0 bridgehead atoms. The van der Waals surface area contributed by atoms with E-state index in [9.17, 15) is 5.26 Å². The topological polar surface area (TPSA) is 40.8 Å². The first-order chi connectivity index (χ1) is 13.0. The quantitative estimate of drug-likeness (QED) is 0.458. The van der Waals surface area contributed by atoms with Crippen LogP contribution < -0.4 is 4.57 Å². The number of nitrogens with zero attached hydrogens (tertiary/aromatic N) is 2. The molecule has 0 N–H and O–H groups in total. The number of aromatic nitrogens is 1. The number of aryl methyl sites for hydroxylation is 2. The van der Waals surface area contributed by atoms with Crippen LogP contribution in [0.4, 0.5) is 0 Å². The maximum absolute atomic E-state index is 10.1. The van der Waals surface area contributed by atoms with E-state index in [1.165, 1.54) is 5.56 Å². The fourth-order valence-electron chi connectivity index (χ4n) is 4.01. The summed E-state index contributed by atoms with van der Waals surface area (Å²) in [6.07, 6.45) is 2.97. The van der Waals surface area contributed by atoms with Gasteiger partial charge in [0.05, 0.1) is 11.1 Å². The largest absolute Gasteiger partial charge is 0.456 e. The Kier molecular flexibility index (Phi) is 4.20. The molecule has 4 aromatic rings. The van der Waals surface area contributed by atoms with Crippen LogP contribution >= 0.6 is 0 Å². The molecule has 0 saturated heterocycles. The summed E-state index contributed by atoms with van der Waals surface area (Å²) in [7, 11) is 2.01. The summed E-state index contributed by atoms with van der Waals surface area (Å²) in [4.78, 5) is 0. The first-order valence-corrected chi connectivity index (χ1v) is 9.34. The van der Waals surface area contributed by atoms with Crippen molar-refractivity contribution in [3.63, 3.8) is 0 Å². The van der Waals surface area contributed by atoms with Crippen molar-refractivity contribution in [2.24, 2.45) is 13.0 Å². The Balaban J connectivity index is 2.16. The standard InChI is InChI=1S/C24H23N2O/c1-15(2)12-17-8-7-10-20-23(17)24-18(14-25)22(16(3)13-21(24)27-20)19-9-5-6-11-26(19)4/h5-11,13,15H,12H2,1-4H3/q+1. The Bertz CT molecular complexity index is 1210. The van der Waals surface area contributed by atoms with Gasteiger partial charge in [0.1, 0.15) is 24.3 Å². The highest BCUT2D eigenvalue weighted by Crippen LogP contribution is 2.39. The van der Waals surface area contributed by atoms with Crippen molar-refractivity contribution in [1.29, 1.82) is 5.26 Å². The minimum Gasteiger partial charge on any atom is -0.456 e. The van der Waals surface area contributed by atoms with Crippen LogP contribution in [-0.2, 0) is 13.5 Å². The summed E-state index contributed by atoms with van der Waals surface area (Å²) in [5.41, 5.74) is 6.64. The second-order valence-corrected chi connectivity index (χ2v) is 7.62. The molecule has 0 atom stereocenters. The number of hydrogen-bond acceptors (Lipinski definition) is 2. The normalized spacial score (nSPS) is 11.4. The van der Waals surface area contributed by atoms with Crippen LogP contribution in [0, 0.1) is 24.2 Å². The van der Waals surface area contributed by atoms with Crippen molar-refractivity contribution in [1.82, 2.24) is 0 Å². The maximum Gasteiger partial charge on any atom is 0.213 e. The highest BCUT2D eigenvalue weighted by atomic mass is 16.3. The fraction of sp³-hybridized carbons (Fsp3) is 0.250. The average molecular weight is 355 g/mol. The first-order valence-electron chi connectivity index (χ1n) is 9.34. The summed E-state index contributed by atoms with van der Waals surface area (Å²) >= 11 is 0. The molecule has 2 heterocycles. The van der Waals surface area contributed by atoms with E-state index in [0.29, 0.717) is 11.5 Å². The molecule has 0 spiro atoms. The van der Waals surface area contributed by atoms with Gasteiger partial charge in [-0.3, -0.25) is 0 Å². The Morgan fingerprint density at radius 3 is 2.59 bits per heavy atom. The molecule has 0 saturated carbocycles. The molecule has 2 aromatic carbocycles. The summed E-state index contributed by atoms with van der Waals surface area (Å²) < 4.78 is 8.22. The first kappa shape index (κ1) is 17.3. The zero-order chi connectivity index (χ0) is 19.1. The van der Waals surface area contributed by atoms with Gasteiger partial charge in [0.25, 0.3) is 0 Å². The lowest BCUT2D eigenvalue weighted by Crippen LogP contribution is -2.30.